The first-order valence-corrected chi connectivity index (χ1v) is 10.2. The molecule has 2 aromatic rings. The van der Waals surface area contributed by atoms with Crippen molar-refractivity contribution in [2.75, 3.05) is 82.1 Å². The third-order valence-electron chi connectivity index (χ3n) is 4.99. The maximum atomic E-state index is 5.45. The number of nitrogens with one attached hydrogen (secondary N) is 1. The molecule has 1 aromatic heterocycles. The molecule has 2 fully saturated rings. The Bertz CT molecular complexity index is 863. The molecule has 2 saturated heterocycles. The van der Waals surface area contributed by atoms with Crippen molar-refractivity contribution in [1.82, 2.24) is 15.0 Å². The lowest BCUT2D eigenvalue weighted by atomic mass is 10.2. The highest BCUT2D eigenvalue weighted by Crippen LogP contribution is 2.27. The molecular weight excluding hydrogens is 402 g/mol. The lowest BCUT2D eigenvalue weighted by molar-refractivity contribution is 0.121. The molecule has 4 rings (SSSR count). The minimum absolute atomic E-state index is 0.384. The van der Waals surface area contributed by atoms with Gasteiger partial charge in [-0.25, -0.2) is 5.43 Å². The van der Waals surface area contributed by atoms with Gasteiger partial charge in [-0.15, -0.1) is 0 Å². The minimum Gasteiger partial charge on any atom is -0.493 e. The minimum atomic E-state index is 0.384. The van der Waals surface area contributed by atoms with Crippen LogP contribution in [-0.4, -0.2) is 88.0 Å². The molecule has 0 atom stereocenters. The third kappa shape index (κ3) is 5.30. The smallest absolute Gasteiger partial charge is 0.250 e. The van der Waals surface area contributed by atoms with Gasteiger partial charge in [0.1, 0.15) is 0 Å². The van der Waals surface area contributed by atoms with Crippen LogP contribution in [0.15, 0.2) is 23.3 Å². The summed E-state index contributed by atoms with van der Waals surface area (Å²) in [6.45, 7) is 5.55. The van der Waals surface area contributed by atoms with Crippen molar-refractivity contribution in [3.8, 4) is 11.5 Å². The summed E-state index contributed by atoms with van der Waals surface area (Å²) in [6, 6.07) is 5.56. The zero-order chi connectivity index (χ0) is 21.5. The van der Waals surface area contributed by atoms with Gasteiger partial charge in [0.05, 0.1) is 46.9 Å². The molecule has 2 aliphatic rings. The lowest BCUT2D eigenvalue weighted by Crippen LogP contribution is -2.40. The summed E-state index contributed by atoms with van der Waals surface area (Å²) in [5, 5.41) is 4.30. The molecule has 2 aliphatic heterocycles. The first kappa shape index (κ1) is 21.1. The number of methoxy groups -OCH3 is 2. The van der Waals surface area contributed by atoms with E-state index < -0.39 is 0 Å². The van der Waals surface area contributed by atoms with E-state index in [-0.39, 0.29) is 0 Å². The van der Waals surface area contributed by atoms with Gasteiger partial charge in [-0.3, -0.25) is 0 Å². The molecule has 11 nitrogen and oxygen atoms in total. The van der Waals surface area contributed by atoms with Crippen LogP contribution in [0.3, 0.4) is 0 Å². The van der Waals surface area contributed by atoms with E-state index in [2.05, 4.69) is 35.3 Å². The molecule has 1 N–H and O–H groups in total. The normalized spacial score (nSPS) is 17.1. The van der Waals surface area contributed by atoms with Gasteiger partial charge in [0.15, 0.2) is 11.5 Å². The number of rotatable bonds is 7. The Kier molecular flexibility index (Phi) is 6.95. The predicted molar refractivity (Wildman–Crippen MR) is 117 cm³/mol. The summed E-state index contributed by atoms with van der Waals surface area (Å²) in [6.07, 6.45) is 1.68. The molecule has 0 aliphatic carbocycles. The van der Waals surface area contributed by atoms with E-state index in [0.29, 0.717) is 55.8 Å². The Hall–Kier alpha value is -3.18. The monoisotopic (exact) mass is 429 g/mol. The molecule has 0 radical (unpaired) electrons. The van der Waals surface area contributed by atoms with Gasteiger partial charge >= 0.3 is 0 Å². The quantitative estimate of drug-likeness (QED) is 0.506. The van der Waals surface area contributed by atoms with Crippen LogP contribution >= 0.6 is 0 Å². The van der Waals surface area contributed by atoms with E-state index in [0.717, 1.165) is 31.7 Å². The zero-order valence-corrected chi connectivity index (χ0v) is 17.8. The van der Waals surface area contributed by atoms with Crippen LogP contribution in [0.25, 0.3) is 0 Å². The fourth-order valence-electron chi connectivity index (χ4n) is 3.31. The molecule has 0 unspecified atom stereocenters. The molecular formula is C20H27N7O4. The van der Waals surface area contributed by atoms with Crippen molar-refractivity contribution in [2.24, 2.45) is 5.10 Å². The van der Waals surface area contributed by atoms with Gasteiger partial charge in [-0.1, -0.05) is 0 Å². The zero-order valence-electron chi connectivity index (χ0n) is 17.8. The van der Waals surface area contributed by atoms with Gasteiger partial charge in [-0.05, 0) is 23.8 Å². The molecule has 0 amide bonds. The first-order chi connectivity index (χ1) is 15.3. The molecule has 11 heteroatoms. The number of hydrazone groups is 1. The Balaban J connectivity index is 1.54. The molecule has 31 heavy (non-hydrogen) atoms. The van der Waals surface area contributed by atoms with Gasteiger partial charge < -0.3 is 28.7 Å². The van der Waals surface area contributed by atoms with Gasteiger partial charge in [0.2, 0.25) is 17.8 Å². The van der Waals surface area contributed by atoms with E-state index in [9.17, 15) is 0 Å². The number of aromatic nitrogens is 3. The second kappa shape index (κ2) is 10.2. The van der Waals surface area contributed by atoms with E-state index >= 15 is 0 Å². The molecule has 0 saturated carbocycles. The Morgan fingerprint density at radius 3 is 2.00 bits per heavy atom. The van der Waals surface area contributed by atoms with Crippen LogP contribution in [0.2, 0.25) is 0 Å². The number of morpholine rings is 2. The molecule has 166 valence electrons. The Morgan fingerprint density at radius 2 is 1.45 bits per heavy atom. The SMILES string of the molecule is COc1ccc(/C=N\Nc2nc(N3CCOCC3)nc(N3CCOCC3)n2)cc1OC. The topological polar surface area (TPSA) is 106 Å². The van der Waals surface area contributed by atoms with Crippen LogP contribution in [0.1, 0.15) is 5.56 Å². The predicted octanol–water partition coefficient (Wildman–Crippen LogP) is 1.01. The maximum Gasteiger partial charge on any atom is 0.250 e. The highest BCUT2D eigenvalue weighted by Gasteiger charge is 2.20. The van der Waals surface area contributed by atoms with Crippen LogP contribution in [0.4, 0.5) is 17.8 Å². The summed E-state index contributed by atoms with van der Waals surface area (Å²) >= 11 is 0. The number of hydrogen-bond acceptors (Lipinski definition) is 11. The van der Waals surface area contributed by atoms with E-state index in [1.807, 2.05) is 18.2 Å². The number of benzene rings is 1. The van der Waals surface area contributed by atoms with Crippen LogP contribution in [0, 0.1) is 0 Å². The van der Waals surface area contributed by atoms with E-state index in [1.54, 1.807) is 20.4 Å². The summed E-state index contributed by atoms with van der Waals surface area (Å²) in [5.41, 5.74) is 3.79. The summed E-state index contributed by atoms with van der Waals surface area (Å²) in [5.74, 6) is 2.91. The highest BCUT2D eigenvalue weighted by atomic mass is 16.5. The molecule has 0 spiro atoms. The maximum absolute atomic E-state index is 5.45. The molecule has 1 aromatic carbocycles. The second-order valence-corrected chi connectivity index (χ2v) is 6.94. The first-order valence-electron chi connectivity index (χ1n) is 10.2. The highest BCUT2D eigenvalue weighted by molar-refractivity contribution is 5.81. The van der Waals surface area contributed by atoms with E-state index in [4.69, 9.17) is 18.9 Å². The van der Waals surface area contributed by atoms with Crippen LogP contribution in [-0.2, 0) is 9.47 Å². The van der Waals surface area contributed by atoms with Crippen molar-refractivity contribution in [3.05, 3.63) is 23.8 Å². The average Bonchev–Trinajstić information content (AvgIpc) is 2.85. The van der Waals surface area contributed by atoms with Crippen molar-refractivity contribution in [3.63, 3.8) is 0 Å². The van der Waals surface area contributed by atoms with Gasteiger partial charge in [0, 0.05) is 26.2 Å². The van der Waals surface area contributed by atoms with Gasteiger partial charge in [-0.2, -0.15) is 20.1 Å². The fourth-order valence-corrected chi connectivity index (χ4v) is 3.31. The van der Waals surface area contributed by atoms with Crippen molar-refractivity contribution < 1.29 is 18.9 Å². The van der Waals surface area contributed by atoms with Crippen LogP contribution in [0.5, 0.6) is 11.5 Å². The lowest BCUT2D eigenvalue weighted by Gasteiger charge is -2.30. The molecule has 0 bridgehead atoms. The largest absolute Gasteiger partial charge is 0.493 e. The second-order valence-electron chi connectivity index (χ2n) is 6.94. The number of hydrogen-bond donors (Lipinski definition) is 1. The number of ether oxygens (including phenoxy) is 4. The van der Waals surface area contributed by atoms with E-state index in [1.165, 1.54) is 0 Å². The van der Waals surface area contributed by atoms with Gasteiger partial charge in [0.25, 0.3) is 0 Å². The fraction of sp³-hybridized carbons (Fsp3) is 0.500. The summed E-state index contributed by atoms with van der Waals surface area (Å²) in [7, 11) is 3.20. The average molecular weight is 429 g/mol. The summed E-state index contributed by atoms with van der Waals surface area (Å²) < 4.78 is 21.5. The standard InChI is InChI=1S/C20H27N7O4/c1-28-16-4-3-15(13-17(16)29-2)14-21-25-18-22-19(26-5-9-30-10-6-26)24-20(23-18)27-7-11-31-12-8-27/h3-4,13-14H,5-12H2,1-2H3,(H,22,23,24,25)/b21-14-. The van der Waals surface area contributed by atoms with Crippen LogP contribution < -0.4 is 24.7 Å². The van der Waals surface area contributed by atoms with Crippen molar-refractivity contribution in [2.45, 2.75) is 0 Å². The molecule has 3 heterocycles. The third-order valence-corrected chi connectivity index (χ3v) is 4.99. The van der Waals surface area contributed by atoms with Crippen molar-refractivity contribution >= 4 is 24.1 Å². The Morgan fingerprint density at radius 1 is 0.871 bits per heavy atom. The summed E-state index contributed by atoms with van der Waals surface area (Å²) in [4.78, 5) is 18.0. The number of nitrogens with zero attached hydrogens (tertiary/aromatic N) is 6. The number of anilines is 3. The van der Waals surface area contributed by atoms with Crippen molar-refractivity contribution in [1.29, 1.82) is 0 Å². The Labute approximate surface area is 181 Å².